The minimum absolute atomic E-state index is 0.0651. The van der Waals surface area contributed by atoms with E-state index in [2.05, 4.69) is 5.32 Å². The molecule has 2 aromatic carbocycles. The van der Waals surface area contributed by atoms with Gasteiger partial charge in [-0.2, -0.15) is 0 Å². The van der Waals surface area contributed by atoms with Crippen LogP contribution in [0.3, 0.4) is 0 Å². The van der Waals surface area contributed by atoms with E-state index in [1.165, 1.54) is 12.1 Å². The molecular formula is C22H23NO4S. The van der Waals surface area contributed by atoms with Crippen molar-refractivity contribution in [3.63, 3.8) is 0 Å². The fraction of sp³-hybridized carbons (Fsp3) is 0.227. The van der Waals surface area contributed by atoms with E-state index in [0.717, 1.165) is 22.3 Å². The average molecular weight is 397 g/mol. The smallest absolute Gasteiger partial charge is 0.287 e. The van der Waals surface area contributed by atoms with E-state index in [-0.39, 0.29) is 28.9 Å². The third-order valence-corrected chi connectivity index (χ3v) is 5.79. The zero-order valence-corrected chi connectivity index (χ0v) is 16.8. The van der Waals surface area contributed by atoms with Crippen molar-refractivity contribution in [1.82, 2.24) is 5.32 Å². The van der Waals surface area contributed by atoms with Crippen LogP contribution in [-0.2, 0) is 27.9 Å². The standard InChI is InChI=1S/C22H23NO4S/c1-16-6-8-18(9-7-16)13-23-22(24)21-11-10-20(27-21)15-28(25,26)14-19-5-3-4-17(2)12-19/h3-12H,13-15H2,1-2H3,(H,23,24). The zero-order valence-electron chi connectivity index (χ0n) is 15.9. The Hall–Kier alpha value is -2.86. The third-order valence-electron chi connectivity index (χ3n) is 4.29. The largest absolute Gasteiger partial charge is 0.455 e. The minimum Gasteiger partial charge on any atom is -0.455 e. The summed E-state index contributed by atoms with van der Waals surface area (Å²) >= 11 is 0. The molecule has 0 bridgehead atoms. The van der Waals surface area contributed by atoms with Gasteiger partial charge < -0.3 is 9.73 Å². The topological polar surface area (TPSA) is 76.4 Å². The predicted molar refractivity (Wildman–Crippen MR) is 109 cm³/mol. The molecule has 146 valence electrons. The molecule has 0 aliphatic heterocycles. The lowest BCUT2D eigenvalue weighted by Crippen LogP contribution is -2.22. The summed E-state index contributed by atoms with van der Waals surface area (Å²) in [6.07, 6.45) is 0. The van der Waals surface area contributed by atoms with Gasteiger partial charge in [0.05, 0.1) is 5.75 Å². The van der Waals surface area contributed by atoms with Crippen LogP contribution in [0, 0.1) is 13.8 Å². The second kappa shape index (κ2) is 8.44. The van der Waals surface area contributed by atoms with Gasteiger partial charge in [-0.1, -0.05) is 59.7 Å². The molecule has 0 atom stereocenters. The lowest BCUT2D eigenvalue weighted by atomic mass is 10.1. The van der Waals surface area contributed by atoms with Gasteiger partial charge in [-0.05, 0) is 37.1 Å². The maximum Gasteiger partial charge on any atom is 0.287 e. The number of benzene rings is 2. The Morgan fingerprint density at radius 3 is 2.36 bits per heavy atom. The molecule has 0 radical (unpaired) electrons. The number of furan rings is 1. The van der Waals surface area contributed by atoms with E-state index in [4.69, 9.17) is 4.42 Å². The Bertz CT molecular complexity index is 1070. The van der Waals surface area contributed by atoms with Crippen LogP contribution in [0.2, 0.25) is 0 Å². The highest BCUT2D eigenvalue weighted by Crippen LogP contribution is 2.16. The van der Waals surface area contributed by atoms with Gasteiger partial charge in [0, 0.05) is 6.54 Å². The van der Waals surface area contributed by atoms with Crippen molar-refractivity contribution in [3.05, 3.63) is 94.4 Å². The van der Waals surface area contributed by atoms with Gasteiger partial charge in [-0.15, -0.1) is 0 Å². The highest BCUT2D eigenvalue weighted by Gasteiger charge is 2.18. The molecule has 0 saturated heterocycles. The van der Waals surface area contributed by atoms with Crippen LogP contribution in [-0.4, -0.2) is 14.3 Å². The number of carbonyl (C=O) groups excluding carboxylic acids is 1. The third kappa shape index (κ3) is 5.57. The summed E-state index contributed by atoms with van der Waals surface area (Å²) in [5.41, 5.74) is 3.88. The highest BCUT2D eigenvalue weighted by molar-refractivity contribution is 7.89. The van der Waals surface area contributed by atoms with Gasteiger partial charge in [-0.25, -0.2) is 8.42 Å². The van der Waals surface area contributed by atoms with Crippen molar-refractivity contribution in [1.29, 1.82) is 0 Å². The first-order valence-corrected chi connectivity index (χ1v) is 10.8. The number of carbonyl (C=O) groups is 1. The Morgan fingerprint density at radius 1 is 0.893 bits per heavy atom. The van der Waals surface area contributed by atoms with Crippen LogP contribution >= 0.6 is 0 Å². The molecule has 3 rings (SSSR count). The van der Waals surface area contributed by atoms with E-state index in [1.807, 2.05) is 56.3 Å². The van der Waals surface area contributed by atoms with Gasteiger partial charge in [0.1, 0.15) is 11.5 Å². The van der Waals surface area contributed by atoms with Gasteiger partial charge in [0.2, 0.25) is 0 Å². The molecule has 5 nitrogen and oxygen atoms in total. The van der Waals surface area contributed by atoms with Crippen LogP contribution in [0.4, 0.5) is 0 Å². The van der Waals surface area contributed by atoms with Crippen LogP contribution < -0.4 is 5.32 Å². The molecule has 28 heavy (non-hydrogen) atoms. The Labute approximate surface area is 165 Å². The summed E-state index contributed by atoms with van der Waals surface area (Å²) in [4.78, 5) is 12.2. The summed E-state index contributed by atoms with van der Waals surface area (Å²) in [5, 5.41) is 2.77. The van der Waals surface area contributed by atoms with E-state index in [0.29, 0.717) is 6.54 Å². The molecule has 1 heterocycles. The lowest BCUT2D eigenvalue weighted by molar-refractivity contribution is 0.0921. The average Bonchev–Trinajstić information content (AvgIpc) is 3.08. The molecule has 1 amide bonds. The fourth-order valence-corrected chi connectivity index (χ4v) is 4.25. The van der Waals surface area contributed by atoms with Crippen LogP contribution in [0.5, 0.6) is 0 Å². The monoisotopic (exact) mass is 397 g/mol. The first-order chi connectivity index (χ1) is 13.3. The number of amides is 1. The summed E-state index contributed by atoms with van der Waals surface area (Å²) in [6, 6.07) is 18.3. The SMILES string of the molecule is Cc1ccc(CNC(=O)c2ccc(CS(=O)(=O)Cc3cccc(C)c3)o2)cc1. The van der Waals surface area contributed by atoms with Crippen molar-refractivity contribution in [2.45, 2.75) is 31.9 Å². The number of hydrogen-bond donors (Lipinski definition) is 1. The van der Waals surface area contributed by atoms with Crippen LogP contribution in [0.25, 0.3) is 0 Å². The summed E-state index contributed by atoms with van der Waals surface area (Å²) in [5.74, 6) is -0.319. The first kappa shape index (κ1) is 19.9. The Balaban J connectivity index is 1.59. The Kier molecular flexibility index (Phi) is 5.99. The van der Waals surface area contributed by atoms with Crippen molar-refractivity contribution >= 4 is 15.7 Å². The van der Waals surface area contributed by atoms with Gasteiger partial charge in [0.15, 0.2) is 15.6 Å². The van der Waals surface area contributed by atoms with Gasteiger partial charge in [0.25, 0.3) is 5.91 Å². The van der Waals surface area contributed by atoms with Crippen molar-refractivity contribution in [3.8, 4) is 0 Å². The lowest BCUT2D eigenvalue weighted by Gasteiger charge is -2.05. The van der Waals surface area contributed by atoms with E-state index < -0.39 is 9.84 Å². The molecule has 0 saturated carbocycles. The quantitative estimate of drug-likeness (QED) is 0.655. The Morgan fingerprint density at radius 2 is 1.64 bits per heavy atom. The first-order valence-electron chi connectivity index (χ1n) is 8.99. The molecule has 0 unspecified atom stereocenters. The zero-order chi connectivity index (χ0) is 20.1. The fourth-order valence-electron chi connectivity index (χ4n) is 2.88. The highest BCUT2D eigenvalue weighted by atomic mass is 32.2. The molecule has 1 aromatic heterocycles. The van der Waals surface area contributed by atoms with E-state index >= 15 is 0 Å². The second-order valence-corrected chi connectivity index (χ2v) is 9.02. The van der Waals surface area contributed by atoms with Crippen LogP contribution in [0.15, 0.2) is 65.1 Å². The minimum atomic E-state index is -3.40. The molecule has 1 N–H and O–H groups in total. The van der Waals surface area contributed by atoms with Crippen LogP contribution in [0.1, 0.15) is 38.6 Å². The van der Waals surface area contributed by atoms with Crippen molar-refractivity contribution in [2.24, 2.45) is 0 Å². The number of aryl methyl sites for hydroxylation is 2. The second-order valence-electron chi connectivity index (χ2n) is 6.96. The summed E-state index contributed by atoms with van der Waals surface area (Å²) < 4.78 is 30.3. The molecular weight excluding hydrogens is 374 g/mol. The number of rotatable bonds is 7. The molecule has 6 heteroatoms. The summed E-state index contributed by atoms with van der Waals surface area (Å²) in [6.45, 7) is 4.30. The molecule has 0 aliphatic carbocycles. The maximum atomic E-state index is 12.4. The predicted octanol–water partition coefficient (Wildman–Crippen LogP) is 3.94. The van der Waals surface area contributed by atoms with Gasteiger partial charge in [-0.3, -0.25) is 4.79 Å². The maximum absolute atomic E-state index is 12.4. The number of hydrogen-bond acceptors (Lipinski definition) is 4. The molecule has 0 spiro atoms. The number of nitrogens with one attached hydrogen (secondary N) is 1. The van der Waals surface area contributed by atoms with E-state index in [1.54, 1.807) is 6.07 Å². The molecule has 3 aromatic rings. The number of sulfone groups is 1. The summed E-state index contributed by atoms with van der Waals surface area (Å²) in [7, 11) is -3.40. The van der Waals surface area contributed by atoms with E-state index in [9.17, 15) is 13.2 Å². The van der Waals surface area contributed by atoms with Crippen molar-refractivity contribution in [2.75, 3.05) is 0 Å². The molecule has 0 aliphatic rings. The molecule has 0 fully saturated rings. The van der Waals surface area contributed by atoms with Crippen molar-refractivity contribution < 1.29 is 17.6 Å². The normalized spacial score (nSPS) is 11.4. The van der Waals surface area contributed by atoms with Gasteiger partial charge >= 0.3 is 0 Å².